The molecule has 6 heteroatoms. The molecule has 0 heterocycles. The number of hydrogen-bond donors (Lipinski definition) is 1. The van der Waals surface area contributed by atoms with Gasteiger partial charge in [0.25, 0.3) is 0 Å². The number of aliphatic hydroxyl groups excluding tert-OH is 1. The number of aliphatic hydroxyl groups is 1. The summed E-state index contributed by atoms with van der Waals surface area (Å²) in [5, 5.41) is 8.65. The molecule has 14 heavy (non-hydrogen) atoms. The van der Waals surface area contributed by atoms with Gasteiger partial charge in [0.05, 0.1) is 0 Å². The minimum atomic E-state index is -4.93. The Morgan fingerprint density at radius 2 is 1.43 bits per heavy atom. The van der Waals surface area contributed by atoms with Gasteiger partial charge in [0.15, 0.2) is 6.10 Å². The van der Waals surface area contributed by atoms with Crippen molar-refractivity contribution in [3.05, 3.63) is 35.4 Å². The SMILES string of the molecule is O[C@H](c1cc(F)cc(F)c1)C(F)(F)F. The van der Waals surface area contributed by atoms with Crippen molar-refractivity contribution >= 4 is 0 Å². The standard InChI is InChI=1S/C8H5F5O/c9-5-1-4(2-6(10)3-5)7(14)8(11,12)13/h1-3,7,14H/t7-/m1/s1. The van der Waals surface area contributed by atoms with Crippen molar-refractivity contribution in [1.82, 2.24) is 0 Å². The highest BCUT2D eigenvalue weighted by Crippen LogP contribution is 2.32. The summed E-state index contributed by atoms with van der Waals surface area (Å²) < 4.78 is 60.6. The van der Waals surface area contributed by atoms with Gasteiger partial charge < -0.3 is 5.11 Å². The summed E-state index contributed by atoms with van der Waals surface area (Å²) in [5.41, 5.74) is -0.852. The molecule has 0 aliphatic rings. The maximum atomic E-state index is 12.5. The van der Waals surface area contributed by atoms with Crippen LogP contribution in [0.25, 0.3) is 0 Å². The Balaban J connectivity index is 3.07. The van der Waals surface area contributed by atoms with Crippen LogP contribution >= 0.6 is 0 Å². The zero-order valence-electron chi connectivity index (χ0n) is 6.65. The van der Waals surface area contributed by atoms with E-state index in [0.29, 0.717) is 18.2 Å². The lowest BCUT2D eigenvalue weighted by molar-refractivity contribution is -0.206. The second-order valence-corrected chi connectivity index (χ2v) is 2.65. The molecule has 0 radical (unpaired) electrons. The van der Waals surface area contributed by atoms with Crippen molar-refractivity contribution in [3.8, 4) is 0 Å². The van der Waals surface area contributed by atoms with Crippen LogP contribution in [-0.4, -0.2) is 11.3 Å². The molecule has 1 aromatic carbocycles. The number of rotatable bonds is 1. The molecule has 0 fully saturated rings. The summed E-state index contributed by atoms with van der Waals surface area (Å²) in [6.07, 6.45) is -7.80. The second kappa shape index (κ2) is 3.53. The number of benzene rings is 1. The average Bonchev–Trinajstić information content (AvgIpc) is 1.99. The van der Waals surface area contributed by atoms with Gasteiger partial charge in [-0.2, -0.15) is 13.2 Å². The molecule has 1 atom stereocenters. The van der Waals surface area contributed by atoms with E-state index in [0.717, 1.165) is 0 Å². The third kappa shape index (κ3) is 2.41. The van der Waals surface area contributed by atoms with Gasteiger partial charge in [-0.1, -0.05) is 0 Å². The highest BCUT2D eigenvalue weighted by Gasteiger charge is 2.39. The molecular weight excluding hydrogens is 207 g/mol. The predicted molar refractivity (Wildman–Crippen MR) is 37.4 cm³/mol. The summed E-state index contributed by atoms with van der Waals surface area (Å²) in [4.78, 5) is 0. The van der Waals surface area contributed by atoms with Crippen LogP contribution in [0.1, 0.15) is 11.7 Å². The predicted octanol–water partition coefficient (Wildman–Crippen LogP) is 2.56. The number of hydrogen-bond acceptors (Lipinski definition) is 1. The Morgan fingerprint density at radius 3 is 1.79 bits per heavy atom. The van der Waals surface area contributed by atoms with Crippen LogP contribution in [0.2, 0.25) is 0 Å². The van der Waals surface area contributed by atoms with Gasteiger partial charge in [0.1, 0.15) is 11.6 Å². The summed E-state index contributed by atoms with van der Waals surface area (Å²) in [6.45, 7) is 0. The van der Waals surface area contributed by atoms with Crippen molar-refractivity contribution in [1.29, 1.82) is 0 Å². The first-order chi connectivity index (χ1) is 6.30. The maximum Gasteiger partial charge on any atom is 0.418 e. The molecule has 78 valence electrons. The van der Waals surface area contributed by atoms with Crippen molar-refractivity contribution < 1.29 is 27.1 Å². The minimum absolute atomic E-state index is 0.423. The van der Waals surface area contributed by atoms with Gasteiger partial charge in [-0.05, 0) is 17.7 Å². The van der Waals surface area contributed by atoms with Gasteiger partial charge in [-0.3, -0.25) is 0 Å². The van der Waals surface area contributed by atoms with E-state index in [4.69, 9.17) is 5.11 Å². The molecule has 0 bridgehead atoms. The van der Waals surface area contributed by atoms with Gasteiger partial charge in [0.2, 0.25) is 0 Å². The smallest absolute Gasteiger partial charge is 0.379 e. The molecule has 0 aliphatic carbocycles. The Hall–Kier alpha value is -1.17. The van der Waals surface area contributed by atoms with E-state index >= 15 is 0 Å². The topological polar surface area (TPSA) is 20.2 Å². The molecule has 1 rings (SSSR count). The fourth-order valence-corrected chi connectivity index (χ4v) is 0.922. The Bertz CT molecular complexity index is 313. The van der Waals surface area contributed by atoms with E-state index in [2.05, 4.69) is 0 Å². The molecular formula is C8H5F5O. The second-order valence-electron chi connectivity index (χ2n) is 2.65. The summed E-state index contributed by atoms with van der Waals surface area (Å²) in [5.74, 6) is -2.33. The first-order valence-electron chi connectivity index (χ1n) is 3.51. The van der Waals surface area contributed by atoms with Crippen LogP contribution in [0.5, 0.6) is 0 Å². The monoisotopic (exact) mass is 212 g/mol. The Morgan fingerprint density at radius 1 is 1.00 bits per heavy atom. The molecule has 1 aromatic rings. The van der Waals surface area contributed by atoms with Gasteiger partial charge in [-0.15, -0.1) is 0 Å². The van der Waals surface area contributed by atoms with E-state index in [-0.39, 0.29) is 0 Å². The van der Waals surface area contributed by atoms with Crippen LogP contribution < -0.4 is 0 Å². The third-order valence-electron chi connectivity index (χ3n) is 1.51. The van der Waals surface area contributed by atoms with E-state index in [9.17, 15) is 22.0 Å². The zero-order chi connectivity index (χ0) is 10.9. The van der Waals surface area contributed by atoms with E-state index < -0.39 is 29.5 Å². The lowest BCUT2D eigenvalue weighted by Crippen LogP contribution is -2.20. The molecule has 0 unspecified atom stereocenters. The first-order valence-corrected chi connectivity index (χ1v) is 3.51. The van der Waals surface area contributed by atoms with Gasteiger partial charge in [-0.25, -0.2) is 8.78 Å². The molecule has 1 N–H and O–H groups in total. The fourth-order valence-electron chi connectivity index (χ4n) is 0.922. The van der Waals surface area contributed by atoms with Crippen LogP contribution in [0.3, 0.4) is 0 Å². The lowest BCUT2D eigenvalue weighted by atomic mass is 10.1. The van der Waals surface area contributed by atoms with Crippen LogP contribution in [-0.2, 0) is 0 Å². The third-order valence-corrected chi connectivity index (χ3v) is 1.51. The van der Waals surface area contributed by atoms with Crippen LogP contribution in [0, 0.1) is 11.6 Å². The normalized spacial score (nSPS) is 14.1. The summed E-state index contributed by atoms with van der Waals surface area (Å²) in [7, 11) is 0. The van der Waals surface area contributed by atoms with Crippen LogP contribution in [0.4, 0.5) is 22.0 Å². The quantitative estimate of drug-likeness (QED) is 0.709. The maximum absolute atomic E-state index is 12.5. The Labute approximate surface area is 75.8 Å². The first kappa shape index (κ1) is 10.9. The number of halogens is 5. The zero-order valence-corrected chi connectivity index (χ0v) is 6.65. The van der Waals surface area contributed by atoms with E-state index in [1.807, 2.05) is 0 Å². The molecule has 0 spiro atoms. The number of alkyl halides is 3. The Kier molecular flexibility index (Phi) is 2.75. The molecule has 0 saturated carbocycles. The van der Waals surface area contributed by atoms with Crippen molar-refractivity contribution in [2.24, 2.45) is 0 Å². The average molecular weight is 212 g/mol. The van der Waals surface area contributed by atoms with Crippen molar-refractivity contribution in [3.63, 3.8) is 0 Å². The lowest BCUT2D eigenvalue weighted by Gasteiger charge is -2.14. The molecule has 1 nitrogen and oxygen atoms in total. The van der Waals surface area contributed by atoms with Gasteiger partial charge in [0, 0.05) is 6.07 Å². The fraction of sp³-hybridized carbons (Fsp3) is 0.250. The highest BCUT2D eigenvalue weighted by atomic mass is 19.4. The van der Waals surface area contributed by atoms with Crippen LogP contribution in [0.15, 0.2) is 18.2 Å². The summed E-state index contributed by atoms with van der Waals surface area (Å²) in [6, 6.07) is 1.29. The van der Waals surface area contributed by atoms with E-state index in [1.165, 1.54) is 0 Å². The molecule has 0 aromatic heterocycles. The summed E-state index contributed by atoms with van der Waals surface area (Å²) >= 11 is 0. The van der Waals surface area contributed by atoms with Gasteiger partial charge >= 0.3 is 6.18 Å². The minimum Gasteiger partial charge on any atom is -0.379 e. The van der Waals surface area contributed by atoms with Crippen molar-refractivity contribution in [2.75, 3.05) is 0 Å². The molecule has 0 aliphatic heterocycles. The molecule has 0 saturated heterocycles. The molecule has 0 amide bonds. The van der Waals surface area contributed by atoms with E-state index in [1.54, 1.807) is 0 Å². The van der Waals surface area contributed by atoms with Crippen molar-refractivity contribution in [2.45, 2.75) is 12.3 Å². The highest BCUT2D eigenvalue weighted by molar-refractivity contribution is 5.21. The largest absolute Gasteiger partial charge is 0.418 e.